The number of amides is 1. The van der Waals surface area contributed by atoms with Crippen LogP contribution in [0.1, 0.15) is 54.4 Å². The van der Waals surface area contributed by atoms with Crippen LogP contribution in [0.5, 0.6) is 0 Å². The second kappa shape index (κ2) is 6.63. The Labute approximate surface area is 147 Å². The molecule has 1 aliphatic heterocycles. The highest BCUT2D eigenvalue weighted by atomic mass is 16.2. The molecule has 2 aromatic rings. The minimum absolute atomic E-state index is 0.0237. The zero-order chi connectivity index (χ0) is 18.1. The third-order valence-corrected chi connectivity index (χ3v) is 4.43. The number of rotatable bonds is 3. The van der Waals surface area contributed by atoms with Crippen LogP contribution in [-0.4, -0.2) is 37.8 Å². The molecule has 0 saturated heterocycles. The molecule has 6 nitrogen and oxygen atoms in total. The number of hydrogen-bond acceptors (Lipinski definition) is 4. The first-order valence-electron chi connectivity index (χ1n) is 8.40. The summed E-state index contributed by atoms with van der Waals surface area (Å²) in [7, 11) is 0. The van der Waals surface area contributed by atoms with Gasteiger partial charge in [-0.15, -0.1) is 10.2 Å². The highest BCUT2D eigenvalue weighted by molar-refractivity contribution is 5.96. The third-order valence-electron chi connectivity index (χ3n) is 4.43. The Hall–Kier alpha value is -2.76. The van der Waals surface area contributed by atoms with Gasteiger partial charge in [-0.25, -0.2) is 0 Å². The number of fused-ring (bicyclic) bond motifs is 1. The summed E-state index contributed by atoms with van der Waals surface area (Å²) in [4.78, 5) is 19.1. The normalized spacial score (nSPS) is 17.4. The standard InChI is InChI=1S/C19H23N5O/c1-12(2)20-14(4)17-21-22-18-15(5)23(10-11-24(17)18)19(25)16-8-6-13(3)7-9-16/h6-9,15H,1,10-11H2,2-5H3. The average molecular weight is 337 g/mol. The van der Waals surface area contributed by atoms with Crippen molar-refractivity contribution < 1.29 is 4.79 Å². The van der Waals surface area contributed by atoms with Crippen molar-refractivity contribution in [2.45, 2.75) is 40.3 Å². The number of carbonyl (C=O) groups excluding carboxylic acids is 1. The summed E-state index contributed by atoms with van der Waals surface area (Å²) in [6.07, 6.45) is 0. The Morgan fingerprint density at radius 1 is 1.20 bits per heavy atom. The number of carbonyl (C=O) groups is 1. The van der Waals surface area contributed by atoms with E-state index in [0.717, 1.165) is 28.6 Å². The zero-order valence-corrected chi connectivity index (χ0v) is 15.2. The molecule has 0 saturated carbocycles. The van der Waals surface area contributed by atoms with Gasteiger partial charge in [0.1, 0.15) is 0 Å². The van der Waals surface area contributed by atoms with Crippen LogP contribution < -0.4 is 0 Å². The van der Waals surface area contributed by atoms with Crippen molar-refractivity contribution in [1.82, 2.24) is 19.7 Å². The summed E-state index contributed by atoms with van der Waals surface area (Å²) in [6, 6.07) is 7.53. The van der Waals surface area contributed by atoms with Crippen LogP contribution in [0.3, 0.4) is 0 Å². The molecule has 1 atom stereocenters. The van der Waals surface area contributed by atoms with Gasteiger partial charge in [-0.05, 0) is 39.8 Å². The van der Waals surface area contributed by atoms with Crippen molar-refractivity contribution in [3.05, 3.63) is 59.3 Å². The lowest BCUT2D eigenvalue weighted by atomic mass is 10.1. The van der Waals surface area contributed by atoms with E-state index in [0.29, 0.717) is 18.7 Å². The summed E-state index contributed by atoms with van der Waals surface area (Å²) in [5.74, 6) is 1.56. The van der Waals surface area contributed by atoms with Crippen LogP contribution in [-0.2, 0) is 6.54 Å². The maximum atomic E-state index is 12.9. The van der Waals surface area contributed by atoms with E-state index in [1.807, 2.05) is 61.4 Å². The number of hydrogen-bond donors (Lipinski definition) is 0. The van der Waals surface area contributed by atoms with Crippen LogP contribution >= 0.6 is 0 Å². The lowest BCUT2D eigenvalue weighted by Gasteiger charge is -2.33. The molecule has 25 heavy (non-hydrogen) atoms. The van der Waals surface area contributed by atoms with Crippen LogP contribution in [0.25, 0.3) is 0 Å². The predicted molar refractivity (Wildman–Crippen MR) is 97.7 cm³/mol. The molecule has 0 N–H and O–H groups in total. The number of benzene rings is 1. The molecule has 0 spiro atoms. The summed E-state index contributed by atoms with van der Waals surface area (Å²) in [5, 5.41) is 8.60. The number of allylic oxidation sites excluding steroid dienone is 1. The molecular formula is C19H23N5O. The second-order valence-electron chi connectivity index (χ2n) is 6.51. The van der Waals surface area contributed by atoms with E-state index >= 15 is 0 Å². The fourth-order valence-electron chi connectivity index (χ4n) is 3.13. The van der Waals surface area contributed by atoms with Crippen LogP contribution in [0.2, 0.25) is 0 Å². The molecular weight excluding hydrogens is 314 g/mol. The van der Waals surface area contributed by atoms with Gasteiger partial charge in [0.15, 0.2) is 11.6 Å². The van der Waals surface area contributed by atoms with Crippen LogP contribution in [0.15, 0.2) is 41.5 Å². The van der Waals surface area contributed by atoms with Crippen molar-refractivity contribution in [2.24, 2.45) is 4.99 Å². The first-order chi connectivity index (χ1) is 11.9. The minimum Gasteiger partial charge on any atom is -0.327 e. The molecule has 1 aromatic heterocycles. The third kappa shape index (κ3) is 3.24. The maximum Gasteiger partial charge on any atom is 0.254 e. The number of aliphatic imine (C=N–C) groups is 1. The molecule has 2 heterocycles. The molecule has 0 radical (unpaired) electrons. The van der Waals surface area contributed by atoms with Gasteiger partial charge >= 0.3 is 0 Å². The largest absolute Gasteiger partial charge is 0.327 e. The van der Waals surface area contributed by atoms with E-state index in [2.05, 4.69) is 21.8 Å². The van der Waals surface area contributed by atoms with Crippen LogP contribution in [0.4, 0.5) is 0 Å². The fraction of sp³-hybridized carbons (Fsp3) is 0.368. The van der Waals surface area contributed by atoms with Gasteiger partial charge in [-0.2, -0.15) is 0 Å². The summed E-state index contributed by atoms with van der Waals surface area (Å²) in [6.45, 7) is 12.8. The molecule has 1 unspecified atom stereocenters. The van der Waals surface area contributed by atoms with Crippen molar-refractivity contribution in [3.8, 4) is 0 Å². The van der Waals surface area contributed by atoms with Crippen molar-refractivity contribution in [2.75, 3.05) is 6.54 Å². The number of aromatic nitrogens is 3. The second-order valence-corrected chi connectivity index (χ2v) is 6.51. The molecule has 1 aliphatic rings. The molecule has 6 heteroatoms. The predicted octanol–water partition coefficient (Wildman–Crippen LogP) is 3.15. The summed E-state index contributed by atoms with van der Waals surface area (Å²) < 4.78 is 2.05. The van der Waals surface area contributed by atoms with Gasteiger partial charge in [-0.3, -0.25) is 9.79 Å². The summed E-state index contributed by atoms with van der Waals surface area (Å²) in [5.41, 5.74) is 3.36. The fourth-order valence-corrected chi connectivity index (χ4v) is 3.13. The lowest BCUT2D eigenvalue weighted by molar-refractivity contribution is 0.0637. The number of aryl methyl sites for hydroxylation is 1. The maximum absolute atomic E-state index is 12.9. The first-order valence-corrected chi connectivity index (χ1v) is 8.40. The molecule has 130 valence electrons. The van der Waals surface area contributed by atoms with Gasteiger partial charge in [0.25, 0.3) is 5.91 Å². The monoisotopic (exact) mass is 337 g/mol. The Balaban J connectivity index is 1.88. The van der Waals surface area contributed by atoms with Gasteiger partial charge < -0.3 is 9.47 Å². The Bertz CT molecular complexity index is 847. The Kier molecular flexibility index (Phi) is 4.53. The van der Waals surface area contributed by atoms with Gasteiger partial charge in [-0.1, -0.05) is 24.3 Å². The van der Waals surface area contributed by atoms with E-state index in [-0.39, 0.29) is 11.9 Å². The van der Waals surface area contributed by atoms with Crippen molar-refractivity contribution in [1.29, 1.82) is 0 Å². The Morgan fingerprint density at radius 3 is 2.52 bits per heavy atom. The molecule has 0 bridgehead atoms. The molecule has 0 fully saturated rings. The van der Waals surface area contributed by atoms with E-state index in [1.54, 1.807) is 0 Å². The first kappa shape index (κ1) is 17.1. The zero-order valence-electron chi connectivity index (χ0n) is 15.2. The number of nitrogens with zero attached hydrogens (tertiary/aromatic N) is 5. The topological polar surface area (TPSA) is 63.4 Å². The lowest BCUT2D eigenvalue weighted by Crippen LogP contribution is -2.41. The molecule has 1 aromatic carbocycles. The average Bonchev–Trinajstić information content (AvgIpc) is 3.00. The highest BCUT2D eigenvalue weighted by Gasteiger charge is 2.32. The van der Waals surface area contributed by atoms with Crippen molar-refractivity contribution in [3.63, 3.8) is 0 Å². The quantitative estimate of drug-likeness (QED) is 0.808. The smallest absolute Gasteiger partial charge is 0.254 e. The van der Waals surface area contributed by atoms with Crippen molar-refractivity contribution >= 4 is 11.6 Å². The van der Waals surface area contributed by atoms with E-state index in [1.165, 1.54) is 0 Å². The van der Waals surface area contributed by atoms with Gasteiger partial charge in [0, 0.05) is 24.4 Å². The van der Waals surface area contributed by atoms with E-state index < -0.39 is 0 Å². The Morgan fingerprint density at radius 2 is 1.88 bits per heavy atom. The molecule has 3 rings (SSSR count). The highest BCUT2D eigenvalue weighted by Crippen LogP contribution is 2.26. The van der Waals surface area contributed by atoms with Gasteiger partial charge in [0.2, 0.25) is 0 Å². The molecule has 1 amide bonds. The SMILES string of the molecule is C=C(C)N=C(C)c1nnc2n1CCN(C(=O)c1ccc(C)cc1)C2C. The van der Waals surface area contributed by atoms with Crippen LogP contribution in [0, 0.1) is 6.92 Å². The molecule has 0 aliphatic carbocycles. The van der Waals surface area contributed by atoms with E-state index in [9.17, 15) is 4.79 Å². The van der Waals surface area contributed by atoms with E-state index in [4.69, 9.17) is 0 Å². The van der Waals surface area contributed by atoms with Gasteiger partial charge in [0.05, 0.1) is 11.8 Å². The minimum atomic E-state index is -0.138. The summed E-state index contributed by atoms with van der Waals surface area (Å²) >= 11 is 0.